The number of hydrogen-bond donors (Lipinski definition) is 1. The van der Waals surface area contributed by atoms with E-state index in [0.29, 0.717) is 6.42 Å². The van der Waals surface area contributed by atoms with Gasteiger partial charge in [0, 0.05) is 12.2 Å². The highest BCUT2D eigenvalue weighted by Gasteiger charge is 2.05. The summed E-state index contributed by atoms with van der Waals surface area (Å²) in [5.41, 5.74) is 1.47. The predicted molar refractivity (Wildman–Crippen MR) is 54.2 cm³/mol. The van der Waals surface area contributed by atoms with Gasteiger partial charge in [-0.2, -0.15) is 0 Å². The average Bonchev–Trinajstić information content (AvgIpc) is 2.49. The summed E-state index contributed by atoms with van der Waals surface area (Å²) in [6, 6.07) is 0. The smallest absolute Gasteiger partial charge is 0.303 e. The van der Waals surface area contributed by atoms with Crippen LogP contribution in [0.4, 0.5) is 0 Å². The molecule has 0 amide bonds. The molecular formula is C8H12O2S2. The number of carbonyl (C=O) groups is 1. The second-order valence-electron chi connectivity index (χ2n) is 2.74. The molecule has 0 aromatic carbocycles. The maximum absolute atomic E-state index is 10.2. The van der Waals surface area contributed by atoms with Crippen molar-refractivity contribution in [2.24, 2.45) is 0 Å². The third-order valence-electron chi connectivity index (χ3n) is 1.67. The predicted octanol–water partition coefficient (Wildman–Crippen LogP) is 2.91. The van der Waals surface area contributed by atoms with Crippen molar-refractivity contribution in [1.82, 2.24) is 0 Å². The molecule has 12 heavy (non-hydrogen) atoms. The molecule has 0 aromatic heterocycles. The van der Waals surface area contributed by atoms with E-state index in [1.165, 1.54) is 5.57 Å². The van der Waals surface area contributed by atoms with Crippen molar-refractivity contribution in [3.63, 3.8) is 0 Å². The molecule has 0 aliphatic carbocycles. The van der Waals surface area contributed by atoms with Gasteiger partial charge in [0.15, 0.2) is 0 Å². The highest BCUT2D eigenvalue weighted by Crippen LogP contribution is 2.35. The number of unbranched alkanes of at least 4 members (excludes halogenated alkanes) is 1. The molecule has 68 valence electrons. The second-order valence-corrected chi connectivity index (χ2v) is 4.97. The molecule has 0 aromatic rings. The molecule has 0 unspecified atom stereocenters. The van der Waals surface area contributed by atoms with Gasteiger partial charge in [0.25, 0.3) is 0 Å². The Balaban J connectivity index is 1.98. The first kappa shape index (κ1) is 9.99. The highest BCUT2D eigenvalue weighted by molar-refractivity contribution is 8.78. The molecule has 1 heterocycles. The van der Waals surface area contributed by atoms with Crippen molar-refractivity contribution in [2.75, 3.05) is 5.75 Å². The summed E-state index contributed by atoms with van der Waals surface area (Å²) in [6.45, 7) is 0. The first-order valence-electron chi connectivity index (χ1n) is 3.97. The van der Waals surface area contributed by atoms with Gasteiger partial charge in [0.2, 0.25) is 0 Å². The number of carboxylic acid groups (broad SMARTS) is 1. The normalized spacial score (nSPS) is 16.2. The summed E-state index contributed by atoms with van der Waals surface area (Å²) >= 11 is 0. The highest BCUT2D eigenvalue weighted by atomic mass is 33.1. The van der Waals surface area contributed by atoms with Crippen LogP contribution in [-0.2, 0) is 4.79 Å². The number of hydrogen-bond acceptors (Lipinski definition) is 3. The molecule has 1 aliphatic rings. The maximum Gasteiger partial charge on any atom is 0.303 e. The van der Waals surface area contributed by atoms with Crippen LogP contribution in [0.25, 0.3) is 0 Å². The zero-order valence-corrected chi connectivity index (χ0v) is 8.42. The van der Waals surface area contributed by atoms with Gasteiger partial charge in [-0.3, -0.25) is 4.79 Å². The molecule has 0 radical (unpaired) electrons. The summed E-state index contributed by atoms with van der Waals surface area (Å²) in [5, 5.41) is 10.6. The Labute approximate surface area is 80.2 Å². The van der Waals surface area contributed by atoms with Crippen LogP contribution in [0.2, 0.25) is 0 Å². The monoisotopic (exact) mass is 204 g/mol. The van der Waals surface area contributed by atoms with E-state index in [2.05, 4.69) is 5.41 Å². The fraction of sp³-hybridized carbons (Fsp3) is 0.625. The minimum absolute atomic E-state index is 0.313. The van der Waals surface area contributed by atoms with Gasteiger partial charge in [-0.1, -0.05) is 27.2 Å². The van der Waals surface area contributed by atoms with Crippen molar-refractivity contribution in [2.45, 2.75) is 25.7 Å². The molecule has 0 fully saturated rings. The molecule has 1 aliphatic heterocycles. The number of aliphatic carboxylic acids is 1. The van der Waals surface area contributed by atoms with Crippen molar-refractivity contribution in [1.29, 1.82) is 0 Å². The number of carboxylic acids is 1. The Kier molecular flexibility index (Phi) is 4.61. The third kappa shape index (κ3) is 4.07. The van der Waals surface area contributed by atoms with Crippen LogP contribution >= 0.6 is 21.6 Å². The quantitative estimate of drug-likeness (QED) is 0.552. The third-order valence-corrected chi connectivity index (χ3v) is 3.77. The summed E-state index contributed by atoms with van der Waals surface area (Å²) in [7, 11) is 3.64. The minimum atomic E-state index is -0.681. The fourth-order valence-corrected chi connectivity index (χ4v) is 3.23. The Morgan fingerprint density at radius 3 is 3.00 bits per heavy atom. The first-order chi connectivity index (χ1) is 5.79. The van der Waals surface area contributed by atoms with Crippen molar-refractivity contribution >= 4 is 27.6 Å². The maximum atomic E-state index is 10.2. The van der Waals surface area contributed by atoms with Crippen LogP contribution in [-0.4, -0.2) is 16.8 Å². The van der Waals surface area contributed by atoms with Gasteiger partial charge in [-0.05, 0) is 24.7 Å². The SMILES string of the molecule is O=C(O)CCCCC1=CSSC1. The molecule has 0 spiro atoms. The van der Waals surface area contributed by atoms with Crippen LogP contribution < -0.4 is 0 Å². The van der Waals surface area contributed by atoms with Gasteiger partial charge in [0.1, 0.15) is 0 Å². The Bertz CT molecular complexity index is 189. The molecule has 0 bridgehead atoms. The van der Waals surface area contributed by atoms with E-state index < -0.39 is 5.97 Å². The van der Waals surface area contributed by atoms with E-state index in [0.717, 1.165) is 25.0 Å². The second kappa shape index (κ2) is 5.54. The summed E-state index contributed by atoms with van der Waals surface area (Å²) in [6.07, 6.45) is 3.21. The zero-order chi connectivity index (χ0) is 8.81. The molecule has 2 nitrogen and oxygen atoms in total. The number of rotatable bonds is 5. The lowest BCUT2D eigenvalue weighted by molar-refractivity contribution is -0.137. The van der Waals surface area contributed by atoms with E-state index in [-0.39, 0.29) is 0 Å². The Hall–Kier alpha value is -0.0900. The van der Waals surface area contributed by atoms with E-state index >= 15 is 0 Å². The van der Waals surface area contributed by atoms with Gasteiger partial charge in [0.05, 0.1) is 0 Å². The van der Waals surface area contributed by atoms with E-state index in [4.69, 9.17) is 5.11 Å². The Morgan fingerprint density at radius 2 is 2.42 bits per heavy atom. The van der Waals surface area contributed by atoms with Crippen LogP contribution in [0.3, 0.4) is 0 Å². The first-order valence-corrected chi connectivity index (χ1v) is 6.35. The van der Waals surface area contributed by atoms with Crippen LogP contribution in [0.15, 0.2) is 11.0 Å². The molecule has 4 heteroatoms. The van der Waals surface area contributed by atoms with Crippen molar-refractivity contribution < 1.29 is 9.90 Å². The lowest BCUT2D eigenvalue weighted by Gasteiger charge is -1.98. The summed E-state index contributed by atoms with van der Waals surface area (Å²) in [5.74, 6) is 0.441. The van der Waals surface area contributed by atoms with Gasteiger partial charge >= 0.3 is 5.97 Å². The largest absolute Gasteiger partial charge is 0.481 e. The van der Waals surface area contributed by atoms with Crippen LogP contribution in [0.1, 0.15) is 25.7 Å². The van der Waals surface area contributed by atoms with E-state index in [9.17, 15) is 4.79 Å². The van der Waals surface area contributed by atoms with Crippen molar-refractivity contribution in [3.05, 3.63) is 11.0 Å². The molecule has 0 atom stereocenters. The lowest BCUT2D eigenvalue weighted by Crippen LogP contribution is -1.94. The minimum Gasteiger partial charge on any atom is -0.481 e. The van der Waals surface area contributed by atoms with Crippen LogP contribution in [0, 0.1) is 0 Å². The standard InChI is InChI=1S/C8H12O2S2/c9-8(10)4-2-1-3-7-5-11-12-6-7/h5H,1-4,6H2,(H,9,10). The van der Waals surface area contributed by atoms with Crippen LogP contribution in [0.5, 0.6) is 0 Å². The lowest BCUT2D eigenvalue weighted by atomic mass is 10.1. The fourth-order valence-electron chi connectivity index (χ4n) is 1.01. The van der Waals surface area contributed by atoms with Gasteiger partial charge in [-0.25, -0.2) is 0 Å². The molecule has 1 N–H and O–H groups in total. The van der Waals surface area contributed by atoms with E-state index in [1.807, 2.05) is 10.8 Å². The zero-order valence-electron chi connectivity index (χ0n) is 6.78. The Morgan fingerprint density at radius 1 is 1.58 bits per heavy atom. The van der Waals surface area contributed by atoms with Crippen molar-refractivity contribution in [3.8, 4) is 0 Å². The average molecular weight is 204 g/mol. The summed E-state index contributed by atoms with van der Waals surface area (Å²) < 4.78 is 0. The summed E-state index contributed by atoms with van der Waals surface area (Å²) in [4.78, 5) is 10.2. The molecule has 0 saturated carbocycles. The van der Waals surface area contributed by atoms with E-state index in [1.54, 1.807) is 10.8 Å². The molecule has 0 saturated heterocycles. The topological polar surface area (TPSA) is 37.3 Å². The van der Waals surface area contributed by atoms with Gasteiger partial charge < -0.3 is 5.11 Å². The van der Waals surface area contributed by atoms with Gasteiger partial charge in [-0.15, -0.1) is 0 Å². The molecule has 1 rings (SSSR count). The molecular weight excluding hydrogens is 192 g/mol.